The van der Waals surface area contributed by atoms with Crippen LogP contribution in [0.4, 0.5) is 5.95 Å². The van der Waals surface area contributed by atoms with E-state index in [1.54, 1.807) is 27.2 Å². The van der Waals surface area contributed by atoms with Crippen LogP contribution in [0, 0.1) is 20.8 Å². The fourth-order valence-electron chi connectivity index (χ4n) is 2.77. The molecule has 0 saturated heterocycles. The number of aromatic nitrogens is 2. The number of hydrogen-bond acceptors (Lipinski definition) is 6. The zero-order valence-electron chi connectivity index (χ0n) is 16.9. The number of nitrogens with one attached hydrogen (secondary N) is 2. The Morgan fingerprint density at radius 2 is 1.97 bits per heavy atom. The molecule has 1 aromatic heterocycles. The molecule has 3 aromatic rings. The average molecular weight is 392 g/mol. The van der Waals surface area contributed by atoms with Crippen molar-refractivity contribution in [2.75, 3.05) is 12.5 Å². The zero-order valence-corrected chi connectivity index (χ0v) is 16.9. The maximum atomic E-state index is 11.9. The molecule has 0 amide bonds. The molecule has 3 rings (SSSR count). The first-order valence-corrected chi connectivity index (χ1v) is 9.20. The number of hydrogen-bond donors (Lipinski definition) is 2. The first-order chi connectivity index (χ1) is 14.0. The second kappa shape index (κ2) is 9.05. The third-order valence-corrected chi connectivity index (χ3v) is 4.46. The quantitative estimate of drug-likeness (QED) is 0.472. The number of hydrazone groups is 1. The molecule has 0 atom stereocenters. The smallest absolute Gasteiger partial charge is 0.255 e. The Labute approximate surface area is 169 Å². The van der Waals surface area contributed by atoms with Gasteiger partial charge in [-0.2, -0.15) is 5.10 Å². The van der Waals surface area contributed by atoms with Gasteiger partial charge in [0, 0.05) is 16.8 Å². The van der Waals surface area contributed by atoms with E-state index in [1.165, 1.54) is 5.56 Å². The van der Waals surface area contributed by atoms with Crippen LogP contribution in [0.3, 0.4) is 0 Å². The molecule has 7 heteroatoms. The van der Waals surface area contributed by atoms with Crippen molar-refractivity contribution in [2.45, 2.75) is 27.4 Å². The summed E-state index contributed by atoms with van der Waals surface area (Å²) in [5.41, 5.74) is 6.76. The molecule has 0 unspecified atom stereocenters. The Kier molecular flexibility index (Phi) is 6.29. The summed E-state index contributed by atoms with van der Waals surface area (Å²) in [5.74, 6) is 1.47. The monoisotopic (exact) mass is 392 g/mol. The van der Waals surface area contributed by atoms with Gasteiger partial charge in [-0.05, 0) is 38.5 Å². The summed E-state index contributed by atoms with van der Waals surface area (Å²) >= 11 is 0. The summed E-state index contributed by atoms with van der Waals surface area (Å²) in [6, 6.07) is 13.7. The van der Waals surface area contributed by atoms with E-state index in [-0.39, 0.29) is 11.5 Å². The second-order valence-corrected chi connectivity index (χ2v) is 6.65. The van der Waals surface area contributed by atoms with Gasteiger partial charge in [-0.3, -0.25) is 9.78 Å². The molecule has 0 aliphatic rings. The molecule has 0 radical (unpaired) electrons. The minimum atomic E-state index is -0.196. The minimum absolute atomic E-state index is 0.196. The number of aromatic amines is 1. The number of methoxy groups -OCH3 is 1. The van der Waals surface area contributed by atoms with Crippen LogP contribution in [0.25, 0.3) is 0 Å². The van der Waals surface area contributed by atoms with Gasteiger partial charge in [0.2, 0.25) is 5.95 Å². The van der Waals surface area contributed by atoms with E-state index in [4.69, 9.17) is 9.47 Å². The highest BCUT2D eigenvalue weighted by molar-refractivity contribution is 5.85. The van der Waals surface area contributed by atoms with Crippen LogP contribution in [0.5, 0.6) is 11.5 Å². The van der Waals surface area contributed by atoms with Crippen molar-refractivity contribution in [3.63, 3.8) is 0 Å². The number of ether oxygens (including phenoxy) is 2. The molecule has 7 nitrogen and oxygen atoms in total. The maximum Gasteiger partial charge on any atom is 0.255 e. The van der Waals surface area contributed by atoms with Crippen LogP contribution in [-0.4, -0.2) is 23.3 Å². The molecular formula is C22H24N4O3. The summed E-state index contributed by atoms with van der Waals surface area (Å²) < 4.78 is 11.5. The van der Waals surface area contributed by atoms with Gasteiger partial charge in [-0.25, -0.2) is 10.4 Å². The molecule has 2 N–H and O–H groups in total. The van der Waals surface area contributed by atoms with Crippen LogP contribution >= 0.6 is 0 Å². The van der Waals surface area contributed by atoms with Crippen molar-refractivity contribution in [3.8, 4) is 11.5 Å². The Bertz CT molecular complexity index is 1090. The fraction of sp³-hybridized carbons (Fsp3) is 0.227. The van der Waals surface area contributed by atoms with Crippen LogP contribution in [0.15, 0.2) is 52.4 Å². The molecule has 0 fully saturated rings. The predicted molar refractivity (Wildman–Crippen MR) is 114 cm³/mol. The summed E-state index contributed by atoms with van der Waals surface area (Å²) in [4.78, 5) is 18.8. The van der Waals surface area contributed by atoms with Gasteiger partial charge in [0.1, 0.15) is 6.61 Å². The van der Waals surface area contributed by atoms with Crippen LogP contribution in [0.2, 0.25) is 0 Å². The standard InChI is InChI=1S/C22H24N4O3/c1-14-7-5-8-17(11-14)13-29-20-18(9-6-10-19(20)28-4)12-23-26-22-24-16(3)15(2)21(27)25-22/h5-12H,13H2,1-4H3,(H2,24,25,26,27)/b23-12-. The zero-order chi connectivity index (χ0) is 20.8. The van der Waals surface area contributed by atoms with Crippen LogP contribution in [-0.2, 0) is 6.61 Å². The largest absolute Gasteiger partial charge is 0.493 e. The number of benzene rings is 2. The topological polar surface area (TPSA) is 88.6 Å². The van der Waals surface area contributed by atoms with Gasteiger partial charge >= 0.3 is 0 Å². The van der Waals surface area contributed by atoms with E-state index < -0.39 is 0 Å². The number of anilines is 1. The van der Waals surface area contributed by atoms with Crippen molar-refractivity contribution >= 4 is 12.2 Å². The van der Waals surface area contributed by atoms with E-state index >= 15 is 0 Å². The highest BCUT2D eigenvalue weighted by Crippen LogP contribution is 2.31. The lowest BCUT2D eigenvalue weighted by Gasteiger charge is -2.13. The molecule has 0 saturated carbocycles. The van der Waals surface area contributed by atoms with Crippen molar-refractivity contribution in [1.82, 2.24) is 9.97 Å². The Morgan fingerprint density at radius 1 is 1.17 bits per heavy atom. The number of para-hydroxylation sites is 1. The van der Waals surface area contributed by atoms with Crippen LogP contribution < -0.4 is 20.5 Å². The lowest BCUT2D eigenvalue weighted by molar-refractivity contribution is 0.284. The van der Waals surface area contributed by atoms with E-state index in [0.717, 1.165) is 11.1 Å². The third kappa shape index (κ3) is 5.01. The highest BCUT2D eigenvalue weighted by Gasteiger charge is 2.10. The van der Waals surface area contributed by atoms with Gasteiger partial charge in [-0.15, -0.1) is 0 Å². The van der Waals surface area contributed by atoms with E-state index in [2.05, 4.69) is 26.6 Å². The molecule has 0 aliphatic carbocycles. The predicted octanol–water partition coefficient (Wildman–Crippen LogP) is 3.73. The minimum Gasteiger partial charge on any atom is -0.493 e. The van der Waals surface area contributed by atoms with Crippen molar-refractivity contribution in [2.24, 2.45) is 5.10 Å². The van der Waals surface area contributed by atoms with Gasteiger partial charge in [-0.1, -0.05) is 35.9 Å². The van der Waals surface area contributed by atoms with Crippen molar-refractivity contribution < 1.29 is 9.47 Å². The molecule has 150 valence electrons. The summed E-state index contributed by atoms with van der Waals surface area (Å²) in [7, 11) is 1.60. The Balaban J connectivity index is 1.80. The number of H-pyrrole nitrogens is 1. The van der Waals surface area contributed by atoms with Gasteiger partial charge in [0.25, 0.3) is 5.56 Å². The summed E-state index contributed by atoms with van der Waals surface area (Å²) in [6.07, 6.45) is 1.60. The lowest BCUT2D eigenvalue weighted by Crippen LogP contribution is -2.15. The fourth-order valence-corrected chi connectivity index (χ4v) is 2.77. The number of rotatable bonds is 7. The number of nitrogens with zero attached hydrogens (tertiary/aromatic N) is 2. The summed E-state index contributed by atoms with van der Waals surface area (Å²) in [5, 5.41) is 4.19. The number of aryl methyl sites for hydroxylation is 2. The van der Waals surface area contributed by atoms with Crippen molar-refractivity contribution in [3.05, 3.63) is 80.8 Å². The Hall–Kier alpha value is -3.61. The maximum absolute atomic E-state index is 11.9. The molecule has 0 aliphatic heterocycles. The summed E-state index contributed by atoms with van der Waals surface area (Å²) in [6.45, 7) is 5.95. The first kappa shape index (κ1) is 20.1. The molecule has 1 heterocycles. The van der Waals surface area contributed by atoms with E-state index in [0.29, 0.717) is 29.4 Å². The van der Waals surface area contributed by atoms with Gasteiger partial charge in [0.05, 0.1) is 13.3 Å². The van der Waals surface area contributed by atoms with E-state index in [1.807, 2.05) is 43.3 Å². The molecular weight excluding hydrogens is 368 g/mol. The molecule has 0 spiro atoms. The Morgan fingerprint density at radius 3 is 2.69 bits per heavy atom. The SMILES string of the molecule is COc1cccc(/C=N\Nc2nc(C)c(C)c(=O)[nH]2)c1OCc1cccc(C)c1. The van der Waals surface area contributed by atoms with Crippen LogP contribution in [0.1, 0.15) is 27.9 Å². The molecule has 29 heavy (non-hydrogen) atoms. The normalized spacial score (nSPS) is 10.9. The van der Waals surface area contributed by atoms with E-state index in [9.17, 15) is 4.79 Å². The molecule has 0 bridgehead atoms. The first-order valence-electron chi connectivity index (χ1n) is 9.20. The van der Waals surface area contributed by atoms with Gasteiger partial charge in [0.15, 0.2) is 11.5 Å². The molecule has 2 aromatic carbocycles. The van der Waals surface area contributed by atoms with Crippen molar-refractivity contribution in [1.29, 1.82) is 0 Å². The third-order valence-electron chi connectivity index (χ3n) is 4.46. The average Bonchev–Trinajstić information content (AvgIpc) is 2.70. The highest BCUT2D eigenvalue weighted by atomic mass is 16.5. The van der Waals surface area contributed by atoms with Gasteiger partial charge < -0.3 is 9.47 Å². The second-order valence-electron chi connectivity index (χ2n) is 6.65. The lowest BCUT2D eigenvalue weighted by atomic mass is 10.1.